The molecule has 0 saturated carbocycles. The number of amides is 1. The lowest BCUT2D eigenvalue weighted by molar-refractivity contribution is 0.0689. The summed E-state index contributed by atoms with van der Waals surface area (Å²) >= 11 is 0. The minimum Gasteiger partial charge on any atom is -0.375 e. The van der Waals surface area contributed by atoms with Crippen molar-refractivity contribution in [1.29, 1.82) is 0 Å². The van der Waals surface area contributed by atoms with E-state index in [2.05, 4.69) is 4.98 Å². The first kappa shape index (κ1) is 16.9. The van der Waals surface area contributed by atoms with Crippen molar-refractivity contribution in [1.82, 2.24) is 9.88 Å². The Kier molecular flexibility index (Phi) is 5.32. The molecule has 122 valence electrons. The Morgan fingerprint density at radius 2 is 2.00 bits per heavy atom. The summed E-state index contributed by atoms with van der Waals surface area (Å²) in [6, 6.07) is 8.36. The summed E-state index contributed by atoms with van der Waals surface area (Å²) in [4.78, 5) is 20.2. The summed E-state index contributed by atoms with van der Waals surface area (Å²) in [6.45, 7) is 4.33. The third kappa shape index (κ3) is 4.06. The van der Waals surface area contributed by atoms with E-state index in [1.165, 1.54) is 6.07 Å². The average Bonchev–Trinajstić information content (AvgIpc) is 2.52. The molecule has 23 heavy (non-hydrogen) atoms. The lowest BCUT2D eigenvalue weighted by Gasteiger charge is -2.27. The van der Waals surface area contributed by atoms with Crippen molar-refractivity contribution < 1.29 is 9.18 Å². The van der Waals surface area contributed by atoms with Gasteiger partial charge in [0.25, 0.3) is 5.91 Å². The quantitative estimate of drug-likeness (QED) is 0.849. The SMILES string of the molecule is CC(C)N(Cc1cccnc1)C(=O)c1ccc(N(C)C)c(F)c1. The van der Waals surface area contributed by atoms with Crippen molar-refractivity contribution in [3.63, 3.8) is 0 Å². The first-order valence-electron chi connectivity index (χ1n) is 7.57. The molecule has 1 aromatic heterocycles. The number of aromatic nitrogens is 1. The highest BCUT2D eigenvalue weighted by Gasteiger charge is 2.20. The lowest BCUT2D eigenvalue weighted by Crippen LogP contribution is -2.36. The highest BCUT2D eigenvalue weighted by atomic mass is 19.1. The van der Waals surface area contributed by atoms with Crippen LogP contribution in [0.15, 0.2) is 42.7 Å². The number of halogens is 1. The van der Waals surface area contributed by atoms with Crippen LogP contribution in [0.5, 0.6) is 0 Å². The van der Waals surface area contributed by atoms with Crippen LogP contribution in [0.1, 0.15) is 29.8 Å². The number of nitrogens with zero attached hydrogens (tertiary/aromatic N) is 3. The van der Waals surface area contributed by atoms with Gasteiger partial charge in [-0.3, -0.25) is 9.78 Å². The second kappa shape index (κ2) is 7.22. The van der Waals surface area contributed by atoms with E-state index in [-0.39, 0.29) is 11.9 Å². The van der Waals surface area contributed by atoms with Gasteiger partial charge in [-0.1, -0.05) is 6.07 Å². The second-order valence-corrected chi connectivity index (χ2v) is 5.95. The lowest BCUT2D eigenvalue weighted by atomic mass is 10.1. The van der Waals surface area contributed by atoms with Gasteiger partial charge in [0.1, 0.15) is 5.82 Å². The summed E-state index contributed by atoms with van der Waals surface area (Å²) in [5.41, 5.74) is 1.76. The Bertz CT molecular complexity index is 671. The van der Waals surface area contributed by atoms with Crippen molar-refractivity contribution in [2.24, 2.45) is 0 Å². The molecule has 1 aromatic carbocycles. The minimum absolute atomic E-state index is 0.000655. The summed E-state index contributed by atoms with van der Waals surface area (Å²) in [6.07, 6.45) is 3.43. The van der Waals surface area contributed by atoms with Gasteiger partial charge in [0, 0.05) is 44.6 Å². The van der Waals surface area contributed by atoms with Gasteiger partial charge in [-0.25, -0.2) is 4.39 Å². The van der Waals surface area contributed by atoms with Gasteiger partial charge < -0.3 is 9.80 Å². The molecule has 1 amide bonds. The number of carbonyl (C=O) groups excluding carboxylic acids is 1. The van der Waals surface area contributed by atoms with E-state index in [4.69, 9.17) is 0 Å². The van der Waals surface area contributed by atoms with Crippen molar-refractivity contribution in [3.8, 4) is 0 Å². The van der Waals surface area contributed by atoms with Gasteiger partial charge in [0.15, 0.2) is 0 Å². The fourth-order valence-corrected chi connectivity index (χ4v) is 2.35. The Balaban J connectivity index is 2.26. The van der Waals surface area contributed by atoms with E-state index < -0.39 is 5.82 Å². The standard InChI is InChI=1S/C18H22FN3O/c1-13(2)22(12-14-6-5-9-20-11-14)18(23)15-7-8-17(21(3)4)16(19)10-15/h5-11,13H,12H2,1-4H3. The van der Waals surface area contributed by atoms with Crippen molar-refractivity contribution >= 4 is 11.6 Å². The largest absolute Gasteiger partial charge is 0.375 e. The van der Waals surface area contributed by atoms with Crippen LogP contribution < -0.4 is 4.90 Å². The molecule has 0 aliphatic carbocycles. The Hall–Kier alpha value is -2.43. The predicted molar refractivity (Wildman–Crippen MR) is 90.0 cm³/mol. The van der Waals surface area contributed by atoms with Crippen LogP contribution >= 0.6 is 0 Å². The van der Waals surface area contributed by atoms with E-state index in [0.29, 0.717) is 17.8 Å². The third-order valence-electron chi connectivity index (χ3n) is 3.64. The Morgan fingerprint density at radius 1 is 1.26 bits per heavy atom. The van der Waals surface area contributed by atoms with E-state index in [1.54, 1.807) is 48.4 Å². The molecule has 0 N–H and O–H groups in total. The number of carbonyl (C=O) groups is 1. The summed E-state index contributed by atoms with van der Waals surface area (Å²) in [7, 11) is 3.53. The molecule has 0 aliphatic rings. The number of pyridine rings is 1. The minimum atomic E-state index is -0.397. The van der Waals surface area contributed by atoms with Crippen LogP contribution in [0.3, 0.4) is 0 Å². The van der Waals surface area contributed by atoms with Crippen molar-refractivity contribution in [2.75, 3.05) is 19.0 Å². The average molecular weight is 315 g/mol. The van der Waals surface area contributed by atoms with Gasteiger partial charge in [0.05, 0.1) is 5.69 Å². The number of hydrogen-bond acceptors (Lipinski definition) is 3. The smallest absolute Gasteiger partial charge is 0.254 e. The fraction of sp³-hybridized carbons (Fsp3) is 0.333. The Morgan fingerprint density at radius 3 is 2.52 bits per heavy atom. The maximum Gasteiger partial charge on any atom is 0.254 e. The summed E-state index contributed by atoms with van der Waals surface area (Å²) in [5.74, 6) is -0.584. The van der Waals surface area contributed by atoms with Gasteiger partial charge in [-0.05, 0) is 43.7 Å². The first-order chi connectivity index (χ1) is 10.9. The number of anilines is 1. The molecule has 2 rings (SSSR count). The molecular weight excluding hydrogens is 293 g/mol. The van der Waals surface area contributed by atoms with Crippen molar-refractivity contribution in [3.05, 3.63) is 59.7 Å². The molecule has 5 heteroatoms. The zero-order chi connectivity index (χ0) is 17.0. The molecule has 0 saturated heterocycles. The topological polar surface area (TPSA) is 36.4 Å². The van der Waals surface area contributed by atoms with Gasteiger partial charge in [-0.2, -0.15) is 0 Å². The molecule has 2 aromatic rings. The second-order valence-electron chi connectivity index (χ2n) is 5.95. The fourth-order valence-electron chi connectivity index (χ4n) is 2.35. The molecule has 0 unspecified atom stereocenters. The van der Waals surface area contributed by atoms with Crippen LogP contribution in [-0.4, -0.2) is 35.9 Å². The first-order valence-corrected chi connectivity index (χ1v) is 7.57. The normalized spacial score (nSPS) is 10.7. The molecule has 0 aliphatic heterocycles. The monoisotopic (exact) mass is 315 g/mol. The summed E-state index contributed by atoms with van der Waals surface area (Å²) < 4.78 is 14.1. The maximum absolute atomic E-state index is 14.1. The molecular formula is C18H22FN3O. The molecule has 0 radical (unpaired) electrons. The number of benzene rings is 1. The third-order valence-corrected chi connectivity index (χ3v) is 3.64. The van der Waals surface area contributed by atoms with E-state index in [9.17, 15) is 9.18 Å². The molecule has 0 fully saturated rings. The zero-order valence-corrected chi connectivity index (χ0v) is 14.0. The Labute approximate surface area is 136 Å². The van der Waals surface area contributed by atoms with Crippen molar-refractivity contribution in [2.45, 2.75) is 26.4 Å². The molecule has 0 atom stereocenters. The predicted octanol–water partition coefficient (Wildman–Crippen LogP) is 3.34. The molecule has 0 bridgehead atoms. The van der Waals surface area contributed by atoms with Gasteiger partial charge in [-0.15, -0.1) is 0 Å². The highest BCUT2D eigenvalue weighted by molar-refractivity contribution is 5.94. The number of hydrogen-bond donors (Lipinski definition) is 0. The van der Waals surface area contributed by atoms with E-state index in [1.807, 2.05) is 26.0 Å². The van der Waals surface area contributed by atoms with E-state index >= 15 is 0 Å². The molecule has 1 heterocycles. The highest BCUT2D eigenvalue weighted by Crippen LogP contribution is 2.20. The number of rotatable bonds is 5. The van der Waals surface area contributed by atoms with E-state index in [0.717, 1.165) is 5.56 Å². The van der Waals surface area contributed by atoms with Crippen LogP contribution in [0.4, 0.5) is 10.1 Å². The maximum atomic E-state index is 14.1. The van der Waals surface area contributed by atoms with Crippen LogP contribution in [-0.2, 0) is 6.54 Å². The molecule has 0 spiro atoms. The van der Waals surface area contributed by atoms with Gasteiger partial charge >= 0.3 is 0 Å². The van der Waals surface area contributed by atoms with Crippen LogP contribution in [0.2, 0.25) is 0 Å². The summed E-state index contributed by atoms with van der Waals surface area (Å²) in [5, 5.41) is 0. The zero-order valence-electron chi connectivity index (χ0n) is 14.0. The van der Waals surface area contributed by atoms with Gasteiger partial charge in [0.2, 0.25) is 0 Å². The van der Waals surface area contributed by atoms with Crippen LogP contribution in [0, 0.1) is 5.82 Å². The van der Waals surface area contributed by atoms with Crippen LogP contribution in [0.25, 0.3) is 0 Å². The molecule has 4 nitrogen and oxygen atoms in total.